The lowest BCUT2D eigenvalue weighted by Gasteiger charge is -2.27. The summed E-state index contributed by atoms with van der Waals surface area (Å²) in [5.41, 5.74) is 1.79. The van der Waals surface area contributed by atoms with Crippen molar-refractivity contribution >= 4 is 23.2 Å². The van der Waals surface area contributed by atoms with Crippen LogP contribution in [0.4, 0.5) is 0 Å². The first-order chi connectivity index (χ1) is 13.6. The molecule has 0 saturated heterocycles. The van der Waals surface area contributed by atoms with Crippen LogP contribution in [0.2, 0.25) is 0 Å². The molecule has 4 heterocycles. The van der Waals surface area contributed by atoms with E-state index in [9.17, 15) is 9.59 Å². The van der Waals surface area contributed by atoms with E-state index in [1.165, 1.54) is 18.4 Å². The highest BCUT2D eigenvalue weighted by Crippen LogP contribution is 2.28. The summed E-state index contributed by atoms with van der Waals surface area (Å²) in [6.45, 7) is 3.37. The average molecular weight is 398 g/mol. The second kappa shape index (κ2) is 7.47. The minimum absolute atomic E-state index is 0.0800. The molecular weight excluding hydrogens is 380 g/mol. The Morgan fingerprint density at radius 2 is 2.04 bits per heavy atom. The molecule has 1 amide bonds. The van der Waals surface area contributed by atoms with Crippen molar-refractivity contribution in [2.75, 3.05) is 13.7 Å². The Hall–Kier alpha value is -3.14. The smallest absolute Gasteiger partial charge is 0.358 e. The number of esters is 1. The zero-order chi connectivity index (χ0) is 19.7. The van der Waals surface area contributed by atoms with Crippen molar-refractivity contribution in [2.24, 2.45) is 0 Å². The van der Waals surface area contributed by atoms with E-state index in [0.29, 0.717) is 41.8 Å². The van der Waals surface area contributed by atoms with E-state index in [1.54, 1.807) is 34.1 Å². The number of aromatic nitrogens is 5. The molecule has 0 N–H and O–H groups in total. The Labute approximate surface area is 165 Å². The topological polar surface area (TPSA) is 103 Å². The Balaban J connectivity index is 1.59. The average Bonchev–Trinajstić information content (AvgIpc) is 3.37. The lowest BCUT2D eigenvalue weighted by atomic mass is 10.2. The highest BCUT2D eigenvalue weighted by Gasteiger charge is 2.28. The summed E-state index contributed by atoms with van der Waals surface area (Å²) < 4.78 is 6.46. The van der Waals surface area contributed by atoms with Gasteiger partial charge in [-0.1, -0.05) is 6.92 Å². The minimum atomic E-state index is -0.483. The molecule has 0 bridgehead atoms. The molecule has 3 aromatic rings. The molecule has 0 atom stereocenters. The van der Waals surface area contributed by atoms with Gasteiger partial charge in [0.1, 0.15) is 4.88 Å². The molecule has 0 spiro atoms. The highest BCUT2D eigenvalue weighted by atomic mass is 32.1. The van der Waals surface area contributed by atoms with Gasteiger partial charge in [0.25, 0.3) is 5.91 Å². The maximum Gasteiger partial charge on any atom is 0.358 e. The number of amides is 1. The van der Waals surface area contributed by atoms with E-state index in [-0.39, 0.29) is 11.6 Å². The number of thiazole rings is 1. The van der Waals surface area contributed by atoms with Gasteiger partial charge in [-0.15, -0.1) is 11.3 Å². The van der Waals surface area contributed by atoms with Gasteiger partial charge in [0, 0.05) is 18.9 Å². The van der Waals surface area contributed by atoms with Gasteiger partial charge in [-0.05, 0) is 18.6 Å². The number of carbonyl (C=O) groups is 2. The summed E-state index contributed by atoms with van der Waals surface area (Å²) in [5.74, 6) is -0.0488. The summed E-state index contributed by atoms with van der Waals surface area (Å²) >= 11 is 1.31. The number of rotatable bonds is 4. The standard InChI is InChI=1S/C18H18N6O3S/c1-3-12-14(28-16(21-12)15-19-5-4-6-20-15)17(25)23-7-8-24-11(10-23)9-13(22-24)18(26)27-2/h4-6,9H,3,7-8,10H2,1-2H3. The Kier molecular flexibility index (Phi) is 4.86. The van der Waals surface area contributed by atoms with Crippen LogP contribution < -0.4 is 0 Å². The van der Waals surface area contributed by atoms with Crippen molar-refractivity contribution in [3.63, 3.8) is 0 Å². The summed E-state index contributed by atoms with van der Waals surface area (Å²) in [7, 11) is 1.32. The molecule has 28 heavy (non-hydrogen) atoms. The van der Waals surface area contributed by atoms with Crippen LogP contribution in [-0.4, -0.2) is 55.2 Å². The molecule has 0 unspecified atom stereocenters. The predicted molar refractivity (Wildman–Crippen MR) is 101 cm³/mol. The monoisotopic (exact) mass is 398 g/mol. The van der Waals surface area contributed by atoms with Gasteiger partial charge in [-0.3, -0.25) is 9.48 Å². The first kappa shape index (κ1) is 18.2. The van der Waals surface area contributed by atoms with Crippen LogP contribution in [0.5, 0.6) is 0 Å². The van der Waals surface area contributed by atoms with Gasteiger partial charge in [-0.2, -0.15) is 5.10 Å². The van der Waals surface area contributed by atoms with Crippen LogP contribution in [0.1, 0.15) is 38.5 Å². The van der Waals surface area contributed by atoms with Crippen molar-refractivity contribution in [2.45, 2.75) is 26.4 Å². The second-order valence-electron chi connectivity index (χ2n) is 6.18. The summed E-state index contributed by atoms with van der Waals surface area (Å²) in [4.78, 5) is 40.2. The molecule has 3 aromatic heterocycles. The maximum atomic E-state index is 13.2. The first-order valence-electron chi connectivity index (χ1n) is 8.82. The van der Waals surface area contributed by atoms with Gasteiger partial charge >= 0.3 is 5.97 Å². The summed E-state index contributed by atoms with van der Waals surface area (Å²) in [5, 5.41) is 4.88. The van der Waals surface area contributed by atoms with E-state index >= 15 is 0 Å². The number of ether oxygens (including phenoxy) is 1. The Morgan fingerprint density at radius 1 is 1.25 bits per heavy atom. The number of hydrogen-bond donors (Lipinski definition) is 0. The fourth-order valence-corrected chi connectivity index (χ4v) is 4.12. The van der Waals surface area contributed by atoms with Crippen molar-refractivity contribution in [1.82, 2.24) is 29.6 Å². The predicted octanol–water partition coefficient (Wildman–Crippen LogP) is 1.80. The molecular formula is C18H18N6O3S. The van der Waals surface area contributed by atoms with Crippen molar-refractivity contribution in [3.05, 3.63) is 46.5 Å². The van der Waals surface area contributed by atoms with Crippen LogP contribution >= 0.6 is 11.3 Å². The van der Waals surface area contributed by atoms with Crippen LogP contribution in [0, 0.1) is 0 Å². The molecule has 9 nitrogen and oxygen atoms in total. The molecule has 0 aromatic carbocycles. The number of carbonyl (C=O) groups excluding carboxylic acids is 2. The largest absolute Gasteiger partial charge is 0.464 e. The maximum absolute atomic E-state index is 13.2. The Morgan fingerprint density at radius 3 is 2.75 bits per heavy atom. The van der Waals surface area contributed by atoms with Crippen molar-refractivity contribution in [1.29, 1.82) is 0 Å². The fourth-order valence-electron chi connectivity index (χ4n) is 3.05. The van der Waals surface area contributed by atoms with Crippen LogP contribution in [0.3, 0.4) is 0 Å². The molecule has 0 aliphatic carbocycles. The molecule has 0 fully saturated rings. The normalized spacial score (nSPS) is 13.3. The van der Waals surface area contributed by atoms with Gasteiger partial charge in [0.2, 0.25) is 0 Å². The van der Waals surface area contributed by atoms with Gasteiger partial charge in [-0.25, -0.2) is 19.7 Å². The molecule has 1 aliphatic heterocycles. The minimum Gasteiger partial charge on any atom is -0.464 e. The van der Waals surface area contributed by atoms with E-state index in [1.807, 2.05) is 6.92 Å². The molecule has 4 rings (SSSR count). The van der Waals surface area contributed by atoms with Gasteiger partial charge in [0.05, 0.1) is 31.6 Å². The van der Waals surface area contributed by atoms with Crippen molar-refractivity contribution < 1.29 is 14.3 Å². The summed E-state index contributed by atoms with van der Waals surface area (Å²) in [6.07, 6.45) is 3.95. The van der Waals surface area contributed by atoms with E-state index in [2.05, 4.69) is 20.1 Å². The molecule has 10 heteroatoms. The molecule has 1 aliphatic rings. The van der Waals surface area contributed by atoms with Gasteiger partial charge in [0.15, 0.2) is 16.5 Å². The number of nitrogens with zero attached hydrogens (tertiary/aromatic N) is 6. The number of hydrogen-bond acceptors (Lipinski definition) is 8. The second-order valence-corrected chi connectivity index (χ2v) is 7.18. The summed E-state index contributed by atoms with van der Waals surface area (Å²) in [6, 6.07) is 3.41. The third-order valence-electron chi connectivity index (χ3n) is 4.46. The van der Waals surface area contributed by atoms with Crippen molar-refractivity contribution in [3.8, 4) is 10.8 Å². The number of fused-ring (bicyclic) bond motifs is 1. The van der Waals surface area contributed by atoms with E-state index in [0.717, 1.165) is 11.4 Å². The van der Waals surface area contributed by atoms with E-state index < -0.39 is 5.97 Å². The first-order valence-corrected chi connectivity index (χ1v) is 9.63. The van der Waals surface area contributed by atoms with Crippen LogP contribution in [0.15, 0.2) is 24.5 Å². The molecule has 0 saturated carbocycles. The lowest BCUT2D eigenvalue weighted by Crippen LogP contribution is -2.38. The quantitative estimate of drug-likeness (QED) is 0.617. The van der Waals surface area contributed by atoms with Gasteiger partial charge < -0.3 is 9.64 Å². The molecule has 144 valence electrons. The van der Waals surface area contributed by atoms with Crippen LogP contribution in [-0.2, 0) is 24.2 Å². The van der Waals surface area contributed by atoms with Crippen LogP contribution in [0.25, 0.3) is 10.8 Å². The number of aryl methyl sites for hydroxylation is 1. The molecule has 0 radical (unpaired) electrons. The van der Waals surface area contributed by atoms with E-state index in [4.69, 9.17) is 4.74 Å². The zero-order valence-electron chi connectivity index (χ0n) is 15.5. The third-order valence-corrected chi connectivity index (χ3v) is 5.54. The lowest BCUT2D eigenvalue weighted by molar-refractivity contribution is 0.0591. The Bertz CT molecular complexity index is 1030. The third kappa shape index (κ3) is 3.26. The zero-order valence-corrected chi connectivity index (χ0v) is 16.3. The highest BCUT2D eigenvalue weighted by molar-refractivity contribution is 7.17. The SMILES string of the molecule is CCc1nc(-c2ncccn2)sc1C(=O)N1CCn2nc(C(=O)OC)cc2C1. The fraction of sp³-hybridized carbons (Fsp3) is 0.333. The number of methoxy groups -OCH3 is 1.